The highest BCUT2D eigenvalue weighted by Crippen LogP contribution is 2.21. The summed E-state index contributed by atoms with van der Waals surface area (Å²) in [5, 5.41) is 5.23. The molecule has 3 rings (SSSR count). The Kier molecular flexibility index (Phi) is 7.43. The van der Waals surface area contributed by atoms with E-state index in [9.17, 15) is 14.4 Å². The fourth-order valence-electron chi connectivity index (χ4n) is 3.29. The Bertz CT molecular complexity index is 862. The molecule has 1 aliphatic rings. The summed E-state index contributed by atoms with van der Waals surface area (Å²) in [5.41, 5.74) is 2.23. The minimum atomic E-state index is -0.979. The second-order valence-corrected chi connectivity index (χ2v) is 7.26. The highest BCUT2D eigenvalue weighted by molar-refractivity contribution is 5.97. The number of ether oxygens (including phenoxy) is 1. The molecule has 1 aliphatic heterocycles. The molecule has 158 valence electrons. The number of nitrogens with zero attached hydrogens (tertiary/aromatic N) is 1. The summed E-state index contributed by atoms with van der Waals surface area (Å²) in [6.45, 7) is 3.29. The van der Waals surface area contributed by atoms with Gasteiger partial charge in [-0.05, 0) is 62.6 Å². The third-order valence-electron chi connectivity index (χ3n) is 4.96. The molecule has 0 radical (unpaired) electrons. The number of anilines is 2. The smallest absolute Gasteiger partial charge is 0.326 e. The van der Waals surface area contributed by atoms with Crippen molar-refractivity contribution < 1.29 is 19.1 Å². The lowest BCUT2D eigenvalue weighted by Gasteiger charge is -2.28. The Balaban J connectivity index is 1.43. The highest BCUT2D eigenvalue weighted by Gasteiger charge is 2.19. The van der Waals surface area contributed by atoms with E-state index >= 15 is 0 Å². The van der Waals surface area contributed by atoms with Crippen molar-refractivity contribution >= 4 is 29.2 Å². The Hall–Kier alpha value is -3.35. The molecule has 0 unspecified atom stereocenters. The van der Waals surface area contributed by atoms with Gasteiger partial charge in [0.15, 0.2) is 6.10 Å². The Morgan fingerprint density at radius 2 is 1.63 bits per heavy atom. The van der Waals surface area contributed by atoms with E-state index in [1.165, 1.54) is 26.2 Å². The highest BCUT2D eigenvalue weighted by atomic mass is 16.5. The van der Waals surface area contributed by atoms with E-state index in [0.29, 0.717) is 11.3 Å². The van der Waals surface area contributed by atoms with Gasteiger partial charge in [-0.25, -0.2) is 0 Å². The lowest BCUT2D eigenvalue weighted by molar-refractivity contribution is -0.152. The van der Waals surface area contributed by atoms with Crippen LogP contribution in [0.1, 0.15) is 36.5 Å². The molecule has 1 heterocycles. The zero-order valence-electron chi connectivity index (χ0n) is 17.1. The first-order valence-corrected chi connectivity index (χ1v) is 10.2. The van der Waals surface area contributed by atoms with Gasteiger partial charge in [-0.3, -0.25) is 14.4 Å². The van der Waals surface area contributed by atoms with Crippen LogP contribution in [0.4, 0.5) is 11.4 Å². The van der Waals surface area contributed by atoms with Crippen LogP contribution in [0, 0.1) is 0 Å². The molecular formula is C23H27N3O4. The predicted octanol–water partition coefficient (Wildman–Crippen LogP) is 2.98. The zero-order valence-corrected chi connectivity index (χ0v) is 17.1. The van der Waals surface area contributed by atoms with Crippen LogP contribution in [-0.4, -0.2) is 43.5 Å². The van der Waals surface area contributed by atoms with Crippen molar-refractivity contribution in [2.45, 2.75) is 32.3 Å². The molecule has 2 amide bonds. The fourth-order valence-corrected chi connectivity index (χ4v) is 3.29. The SMILES string of the molecule is C[C@@H](OC(=O)CNC(=O)c1ccccc1)C(=O)Nc1ccc(N2CCCCC2)cc1. The largest absolute Gasteiger partial charge is 0.451 e. The first-order valence-electron chi connectivity index (χ1n) is 10.2. The summed E-state index contributed by atoms with van der Waals surface area (Å²) < 4.78 is 5.12. The molecule has 30 heavy (non-hydrogen) atoms. The number of esters is 1. The third kappa shape index (κ3) is 6.07. The quantitative estimate of drug-likeness (QED) is 0.687. The van der Waals surface area contributed by atoms with Gasteiger partial charge in [0.25, 0.3) is 11.8 Å². The van der Waals surface area contributed by atoms with E-state index in [2.05, 4.69) is 15.5 Å². The first kappa shape index (κ1) is 21.4. The van der Waals surface area contributed by atoms with Crippen molar-refractivity contribution in [3.63, 3.8) is 0 Å². The fraction of sp³-hybridized carbons (Fsp3) is 0.348. The minimum absolute atomic E-state index is 0.310. The lowest BCUT2D eigenvalue weighted by Crippen LogP contribution is -2.35. The molecule has 0 aliphatic carbocycles. The first-order chi connectivity index (χ1) is 14.5. The molecule has 1 fully saturated rings. The van der Waals surface area contributed by atoms with Crippen LogP contribution in [0.3, 0.4) is 0 Å². The van der Waals surface area contributed by atoms with Crippen LogP contribution in [0.25, 0.3) is 0 Å². The monoisotopic (exact) mass is 409 g/mol. The number of nitrogens with one attached hydrogen (secondary N) is 2. The maximum atomic E-state index is 12.3. The van der Waals surface area contributed by atoms with E-state index in [-0.39, 0.29) is 12.5 Å². The van der Waals surface area contributed by atoms with Crippen LogP contribution in [-0.2, 0) is 14.3 Å². The number of hydrogen-bond donors (Lipinski definition) is 2. The lowest BCUT2D eigenvalue weighted by atomic mass is 10.1. The summed E-state index contributed by atoms with van der Waals surface area (Å²) >= 11 is 0. The molecule has 7 heteroatoms. The summed E-state index contributed by atoms with van der Waals surface area (Å²) in [6.07, 6.45) is 2.70. The molecule has 2 N–H and O–H groups in total. The average molecular weight is 409 g/mol. The van der Waals surface area contributed by atoms with Gasteiger partial charge in [-0.15, -0.1) is 0 Å². The van der Waals surface area contributed by atoms with E-state index in [1.54, 1.807) is 30.3 Å². The van der Waals surface area contributed by atoms with Crippen molar-refractivity contribution in [1.82, 2.24) is 5.32 Å². The van der Waals surface area contributed by atoms with Crippen molar-refractivity contribution in [3.05, 3.63) is 60.2 Å². The number of benzene rings is 2. The summed E-state index contributed by atoms with van der Waals surface area (Å²) in [6, 6.07) is 16.2. The molecule has 0 saturated carbocycles. The molecule has 7 nitrogen and oxygen atoms in total. The van der Waals surface area contributed by atoms with Crippen LogP contribution < -0.4 is 15.5 Å². The molecule has 2 aromatic carbocycles. The topological polar surface area (TPSA) is 87.7 Å². The number of carbonyl (C=O) groups excluding carboxylic acids is 3. The van der Waals surface area contributed by atoms with Crippen molar-refractivity contribution in [2.75, 3.05) is 29.9 Å². The Labute approximate surface area is 176 Å². The van der Waals surface area contributed by atoms with Gasteiger partial charge in [0.05, 0.1) is 0 Å². The average Bonchev–Trinajstić information content (AvgIpc) is 2.79. The number of piperidine rings is 1. The van der Waals surface area contributed by atoms with E-state index in [4.69, 9.17) is 4.74 Å². The number of carbonyl (C=O) groups is 3. The molecule has 0 bridgehead atoms. The van der Waals surface area contributed by atoms with Gasteiger partial charge in [0.2, 0.25) is 0 Å². The molecule has 1 saturated heterocycles. The molecule has 1 atom stereocenters. The molecule has 2 aromatic rings. The second kappa shape index (κ2) is 10.4. The Morgan fingerprint density at radius 1 is 0.967 bits per heavy atom. The van der Waals surface area contributed by atoms with Crippen LogP contribution >= 0.6 is 0 Å². The van der Waals surface area contributed by atoms with Crippen LogP contribution in [0.2, 0.25) is 0 Å². The molecule has 0 aromatic heterocycles. The normalized spacial score (nSPS) is 14.5. The Morgan fingerprint density at radius 3 is 2.30 bits per heavy atom. The van der Waals surface area contributed by atoms with E-state index < -0.39 is 18.0 Å². The van der Waals surface area contributed by atoms with Gasteiger partial charge < -0.3 is 20.3 Å². The minimum Gasteiger partial charge on any atom is -0.451 e. The predicted molar refractivity (Wildman–Crippen MR) is 115 cm³/mol. The number of rotatable bonds is 7. The van der Waals surface area contributed by atoms with E-state index in [1.807, 2.05) is 24.3 Å². The molecule has 0 spiro atoms. The van der Waals surface area contributed by atoms with Crippen LogP contribution in [0.15, 0.2) is 54.6 Å². The van der Waals surface area contributed by atoms with Crippen LogP contribution in [0.5, 0.6) is 0 Å². The van der Waals surface area contributed by atoms with Crippen molar-refractivity contribution in [2.24, 2.45) is 0 Å². The van der Waals surface area contributed by atoms with Gasteiger partial charge in [-0.1, -0.05) is 18.2 Å². The van der Waals surface area contributed by atoms with Gasteiger partial charge in [-0.2, -0.15) is 0 Å². The standard InChI is InChI=1S/C23H27N3O4/c1-17(30-21(27)16-24-23(29)18-8-4-2-5-9-18)22(28)25-19-10-12-20(13-11-19)26-14-6-3-7-15-26/h2,4-5,8-13,17H,3,6-7,14-16H2,1H3,(H,24,29)(H,25,28)/t17-/m1/s1. The van der Waals surface area contributed by atoms with Gasteiger partial charge in [0, 0.05) is 30.0 Å². The number of amides is 2. The maximum Gasteiger partial charge on any atom is 0.326 e. The number of hydrogen-bond acceptors (Lipinski definition) is 5. The summed E-state index contributed by atoms with van der Waals surface area (Å²) in [4.78, 5) is 38.5. The second-order valence-electron chi connectivity index (χ2n) is 7.26. The van der Waals surface area contributed by atoms with Crippen molar-refractivity contribution in [3.8, 4) is 0 Å². The molecular weight excluding hydrogens is 382 g/mol. The van der Waals surface area contributed by atoms with Gasteiger partial charge >= 0.3 is 5.97 Å². The van der Waals surface area contributed by atoms with Gasteiger partial charge in [0.1, 0.15) is 6.54 Å². The maximum absolute atomic E-state index is 12.3. The zero-order chi connectivity index (χ0) is 21.3. The van der Waals surface area contributed by atoms with E-state index in [0.717, 1.165) is 18.8 Å². The van der Waals surface area contributed by atoms with Crippen molar-refractivity contribution in [1.29, 1.82) is 0 Å². The summed E-state index contributed by atoms with van der Waals surface area (Å²) in [7, 11) is 0. The third-order valence-corrected chi connectivity index (χ3v) is 4.96. The summed E-state index contributed by atoms with van der Waals surface area (Å²) in [5.74, 6) is -1.48.